The van der Waals surface area contributed by atoms with Gasteiger partial charge in [0.1, 0.15) is 0 Å². The maximum absolute atomic E-state index is 12.6. The van der Waals surface area contributed by atoms with Crippen LogP contribution in [0.5, 0.6) is 0 Å². The monoisotopic (exact) mass is 375 g/mol. The van der Waals surface area contributed by atoms with E-state index in [0.29, 0.717) is 32.6 Å². The second-order valence-electron chi connectivity index (χ2n) is 5.44. The molecule has 0 aromatic heterocycles. The fourth-order valence-corrected chi connectivity index (χ4v) is 2.99. The Hall–Kier alpha value is -2.30. The molecule has 4 nitrogen and oxygen atoms in total. The first-order chi connectivity index (χ1) is 12.0. The van der Waals surface area contributed by atoms with E-state index < -0.39 is 5.97 Å². The number of benzene rings is 2. The average Bonchev–Trinajstić information content (AvgIpc) is 2.94. The Morgan fingerprint density at radius 3 is 2.16 bits per heavy atom. The molecular weight excluding hydrogens is 361 g/mol. The summed E-state index contributed by atoms with van der Waals surface area (Å²) in [7, 11) is 0. The number of rotatable bonds is 4. The van der Waals surface area contributed by atoms with Crippen molar-refractivity contribution in [1.29, 1.82) is 0 Å². The molecule has 0 fully saturated rings. The van der Waals surface area contributed by atoms with Gasteiger partial charge in [0.2, 0.25) is 5.91 Å². The number of halogens is 2. The fraction of sp³-hybridized carbons (Fsp3) is 0.158. The van der Waals surface area contributed by atoms with Gasteiger partial charge in [0.25, 0.3) is 0 Å². The van der Waals surface area contributed by atoms with Gasteiger partial charge in [0, 0.05) is 15.7 Å². The van der Waals surface area contributed by atoms with Crippen LogP contribution in [0, 0.1) is 0 Å². The highest BCUT2D eigenvalue weighted by Crippen LogP contribution is 2.37. The van der Waals surface area contributed by atoms with Crippen LogP contribution in [0.3, 0.4) is 0 Å². The number of carbonyl (C=O) groups is 2. The molecule has 128 valence electrons. The molecule has 1 aliphatic heterocycles. The normalized spacial score (nSPS) is 14.2. The van der Waals surface area contributed by atoms with E-state index in [0.717, 1.165) is 0 Å². The molecule has 0 saturated heterocycles. The van der Waals surface area contributed by atoms with E-state index in [9.17, 15) is 9.59 Å². The van der Waals surface area contributed by atoms with Crippen LogP contribution in [0.25, 0.3) is 5.70 Å². The van der Waals surface area contributed by atoms with Gasteiger partial charge in [0.15, 0.2) is 0 Å². The lowest BCUT2D eigenvalue weighted by Gasteiger charge is -2.21. The topological polar surface area (TPSA) is 46.6 Å². The SMILES string of the molecule is CCOC(=O)C1=C(c2ccc(Cl)cc2)N(c2ccc(Cl)cc2)C(=O)C1. The lowest BCUT2D eigenvalue weighted by atomic mass is 10.1. The molecule has 2 aromatic rings. The van der Waals surface area contributed by atoms with Gasteiger partial charge in [-0.1, -0.05) is 35.3 Å². The Morgan fingerprint density at radius 1 is 1.04 bits per heavy atom. The summed E-state index contributed by atoms with van der Waals surface area (Å²) in [5.74, 6) is -0.687. The summed E-state index contributed by atoms with van der Waals surface area (Å²) in [6.07, 6.45) is -0.0145. The molecule has 0 radical (unpaired) electrons. The number of amides is 1. The van der Waals surface area contributed by atoms with Crippen LogP contribution in [-0.2, 0) is 14.3 Å². The highest BCUT2D eigenvalue weighted by atomic mass is 35.5. The molecule has 0 unspecified atom stereocenters. The first kappa shape index (κ1) is 17.5. The molecule has 0 aliphatic carbocycles. The van der Waals surface area contributed by atoms with E-state index in [1.807, 2.05) is 0 Å². The number of nitrogens with zero attached hydrogens (tertiary/aromatic N) is 1. The number of carbonyl (C=O) groups excluding carboxylic acids is 2. The number of hydrogen-bond donors (Lipinski definition) is 0. The van der Waals surface area contributed by atoms with Crippen molar-refractivity contribution >= 4 is 46.5 Å². The first-order valence-corrected chi connectivity index (χ1v) is 8.51. The van der Waals surface area contributed by atoms with Gasteiger partial charge >= 0.3 is 5.97 Å². The van der Waals surface area contributed by atoms with E-state index in [-0.39, 0.29) is 18.9 Å². The lowest BCUT2D eigenvalue weighted by molar-refractivity contribution is -0.139. The van der Waals surface area contributed by atoms with Gasteiger partial charge in [-0.25, -0.2) is 4.79 Å². The smallest absolute Gasteiger partial charge is 0.336 e. The van der Waals surface area contributed by atoms with Crippen LogP contribution in [0.2, 0.25) is 10.0 Å². The van der Waals surface area contributed by atoms with Crippen molar-refractivity contribution in [3.63, 3.8) is 0 Å². The van der Waals surface area contributed by atoms with Crippen molar-refractivity contribution in [2.75, 3.05) is 11.5 Å². The predicted octanol–water partition coefficient (Wildman–Crippen LogP) is 4.70. The molecule has 1 aliphatic rings. The van der Waals surface area contributed by atoms with Gasteiger partial charge in [0.05, 0.1) is 24.3 Å². The van der Waals surface area contributed by atoms with Crippen LogP contribution in [0.1, 0.15) is 18.9 Å². The molecule has 0 atom stereocenters. The van der Waals surface area contributed by atoms with E-state index in [2.05, 4.69) is 0 Å². The molecular formula is C19H15Cl2NO3. The zero-order valence-electron chi connectivity index (χ0n) is 13.5. The first-order valence-electron chi connectivity index (χ1n) is 7.76. The Kier molecular flexibility index (Phi) is 5.11. The molecule has 2 aromatic carbocycles. The third-order valence-electron chi connectivity index (χ3n) is 3.81. The van der Waals surface area contributed by atoms with E-state index >= 15 is 0 Å². The summed E-state index contributed by atoms with van der Waals surface area (Å²) in [5, 5.41) is 1.14. The summed E-state index contributed by atoms with van der Waals surface area (Å²) in [4.78, 5) is 26.5. The number of ether oxygens (including phenoxy) is 1. The Balaban J connectivity index is 2.14. The van der Waals surface area contributed by atoms with Gasteiger partial charge in [-0.05, 0) is 48.9 Å². The summed E-state index contributed by atoms with van der Waals surface area (Å²) in [6.45, 7) is 1.97. The van der Waals surface area contributed by atoms with Crippen LogP contribution < -0.4 is 4.90 Å². The standard InChI is InChI=1S/C19H15Cl2NO3/c1-2-25-19(24)16-11-17(23)22(15-9-7-14(21)8-10-15)18(16)12-3-5-13(20)6-4-12/h3-10H,2,11H2,1H3. The molecule has 0 bridgehead atoms. The number of hydrogen-bond acceptors (Lipinski definition) is 3. The summed E-state index contributed by atoms with van der Waals surface area (Å²) >= 11 is 11.9. The van der Waals surface area contributed by atoms with Crippen LogP contribution in [0.15, 0.2) is 54.1 Å². The number of esters is 1. The number of anilines is 1. The average molecular weight is 376 g/mol. The predicted molar refractivity (Wildman–Crippen MR) is 98.6 cm³/mol. The third-order valence-corrected chi connectivity index (χ3v) is 4.32. The molecule has 3 rings (SSSR count). The van der Waals surface area contributed by atoms with Gasteiger partial charge in [-0.15, -0.1) is 0 Å². The minimum Gasteiger partial charge on any atom is -0.463 e. The quantitative estimate of drug-likeness (QED) is 0.727. The zero-order valence-corrected chi connectivity index (χ0v) is 15.0. The lowest BCUT2D eigenvalue weighted by Crippen LogP contribution is -2.23. The van der Waals surface area contributed by atoms with Crippen LogP contribution >= 0.6 is 23.2 Å². The van der Waals surface area contributed by atoms with Gasteiger partial charge in [-0.3, -0.25) is 9.69 Å². The van der Waals surface area contributed by atoms with Crippen molar-refractivity contribution in [2.24, 2.45) is 0 Å². The molecule has 0 spiro atoms. The maximum atomic E-state index is 12.6. The largest absolute Gasteiger partial charge is 0.463 e. The van der Waals surface area contributed by atoms with Crippen molar-refractivity contribution in [3.05, 3.63) is 69.7 Å². The Bertz CT molecular complexity index is 842. The molecule has 1 heterocycles. The van der Waals surface area contributed by atoms with Crippen molar-refractivity contribution in [1.82, 2.24) is 0 Å². The minimum atomic E-state index is -0.489. The Morgan fingerprint density at radius 2 is 1.60 bits per heavy atom. The summed E-state index contributed by atoms with van der Waals surface area (Å²) < 4.78 is 5.13. The zero-order chi connectivity index (χ0) is 18.0. The third kappa shape index (κ3) is 3.55. The molecule has 0 N–H and O–H groups in total. The second-order valence-corrected chi connectivity index (χ2v) is 6.31. The van der Waals surface area contributed by atoms with Crippen LogP contribution in [-0.4, -0.2) is 18.5 Å². The highest BCUT2D eigenvalue weighted by molar-refractivity contribution is 6.31. The second kappa shape index (κ2) is 7.30. The molecule has 1 amide bonds. The van der Waals surface area contributed by atoms with Crippen molar-refractivity contribution in [2.45, 2.75) is 13.3 Å². The minimum absolute atomic E-state index is 0.0145. The molecule has 0 saturated carbocycles. The fourth-order valence-electron chi connectivity index (χ4n) is 2.74. The summed E-state index contributed by atoms with van der Waals surface area (Å²) in [5.41, 5.74) is 2.21. The highest BCUT2D eigenvalue weighted by Gasteiger charge is 2.36. The van der Waals surface area contributed by atoms with E-state index in [4.69, 9.17) is 27.9 Å². The van der Waals surface area contributed by atoms with E-state index in [1.54, 1.807) is 55.5 Å². The van der Waals surface area contributed by atoms with Gasteiger partial charge in [-0.2, -0.15) is 0 Å². The Labute approximate surface area is 155 Å². The van der Waals surface area contributed by atoms with Gasteiger partial charge < -0.3 is 4.74 Å². The van der Waals surface area contributed by atoms with Crippen LogP contribution in [0.4, 0.5) is 5.69 Å². The van der Waals surface area contributed by atoms with Crippen molar-refractivity contribution < 1.29 is 14.3 Å². The van der Waals surface area contributed by atoms with Crippen molar-refractivity contribution in [3.8, 4) is 0 Å². The molecule has 25 heavy (non-hydrogen) atoms. The maximum Gasteiger partial charge on any atom is 0.336 e. The molecule has 6 heteroatoms. The summed E-state index contributed by atoms with van der Waals surface area (Å²) in [6, 6.07) is 13.9. The van der Waals surface area contributed by atoms with E-state index in [1.165, 1.54) is 4.90 Å².